The molecule has 21 heavy (non-hydrogen) atoms. The molecule has 0 amide bonds. The molecule has 0 aliphatic carbocycles. The standard InChI is InChI=1S/C14H24N2O4S/c1-11(15-8-9-21(17,18)16(2)3)13-10-12(19-4)6-7-14(13)20-5/h6-7,10-11,15H,8-9H2,1-5H3. The molecule has 1 aromatic carbocycles. The third-order valence-electron chi connectivity index (χ3n) is 3.27. The number of ether oxygens (including phenoxy) is 2. The summed E-state index contributed by atoms with van der Waals surface area (Å²) in [5.74, 6) is 1.53. The van der Waals surface area contributed by atoms with Gasteiger partial charge in [-0.3, -0.25) is 0 Å². The lowest BCUT2D eigenvalue weighted by Gasteiger charge is -2.19. The van der Waals surface area contributed by atoms with E-state index < -0.39 is 10.0 Å². The van der Waals surface area contributed by atoms with E-state index in [2.05, 4.69) is 5.32 Å². The number of rotatable bonds is 8. The van der Waals surface area contributed by atoms with Gasteiger partial charge in [0, 0.05) is 32.2 Å². The van der Waals surface area contributed by atoms with E-state index in [1.807, 2.05) is 25.1 Å². The molecule has 6 nitrogen and oxygen atoms in total. The molecule has 1 unspecified atom stereocenters. The quantitative estimate of drug-likeness (QED) is 0.782. The molecule has 1 atom stereocenters. The third-order valence-corrected chi connectivity index (χ3v) is 5.10. The van der Waals surface area contributed by atoms with Crippen LogP contribution in [0.4, 0.5) is 0 Å². The predicted molar refractivity (Wildman–Crippen MR) is 83.4 cm³/mol. The van der Waals surface area contributed by atoms with E-state index in [9.17, 15) is 8.42 Å². The summed E-state index contributed by atoms with van der Waals surface area (Å²) < 4.78 is 35.2. The monoisotopic (exact) mass is 316 g/mol. The molecule has 7 heteroatoms. The van der Waals surface area contributed by atoms with Crippen molar-refractivity contribution in [3.63, 3.8) is 0 Å². The second-order valence-corrected chi connectivity index (χ2v) is 7.18. The highest BCUT2D eigenvalue weighted by molar-refractivity contribution is 7.89. The number of nitrogens with zero attached hydrogens (tertiary/aromatic N) is 1. The molecule has 0 fully saturated rings. The van der Waals surface area contributed by atoms with Gasteiger partial charge in [0.2, 0.25) is 10.0 Å². The summed E-state index contributed by atoms with van der Waals surface area (Å²) in [5, 5.41) is 3.19. The fraction of sp³-hybridized carbons (Fsp3) is 0.571. The van der Waals surface area contributed by atoms with Gasteiger partial charge in [0.15, 0.2) is 0 Å². The first-order valence-electron chi connectivity index (χ1n) is 6.67. The Bertz CT molecular complexity index is 558. The molecular weight excluding hydrogens is 292 g/mol. The molecule has 0 aliphatic rings. The van der Waals surface area contributed by atoms with Crippen LogP contribution in [0.1, 0.15) is 18.5 Å². The van der Waals surface area contributed by atoms with Crippen LogP contribution >= 0.6 is 0 Å². The number of sulfonamides is 1. The van der Waals surface area contributed by atoms with E-state index in [1.54, 1.807) is 14.2 Å². The van der Waals surface area contributed by atoms with Gasteiger partial charge in [-0.15, -0.1) is 0 Å². The van der Waals surface area contributed by atoms with E-state index in [0.717, 1.165) is 17.1 Å². The minimum atomic E-state index is -3.19. The lowest BCUT2D eigenvalue weighted by atomic mass is 10.1. The number of methoxy groups -OCH3 is 2. The molecule has 0 saturated heterocycles. The Morgan fingerprint density at radius 3 is 2.43 bits per heavy atom. The minimum Gasteiger partial charge on any atom is -0.497 e. The summed E-state index contributed by atoms with van der Waals surface area (Å²) in [7, 11) is 3.08. The van der Waals surface area contributed by atoms with Crippen LogP contribution in [-0.4, -0.2) is 53.3 Å². The second-order valence-electron chi connectivity index (χ2n) is 4.88. The molecule has 0 radical (unpaired) electrons. The predicted octanol–water partition coefficient (Wildman–Crippen LogP) is 1.25. The van der Waals surface area contributed by atoms with Gasteiger partial charge in [-0.1, -0.05) is 0 Å². The molecule has 0 saturated carbocycles. The SMILES string of the molecule is COc1ccc(OC)c(C(C)NCCS(=O)(=O)N(C)C)c1. The maximum absolute atomic E-state index is 11.7. The fourth-order valence-electron chi connectivity index (χ4n) is 1.87. The summed E-state index contributed by atoms with van der Waals surface area (Å²) >= 11 is 0. The molecule has 1 rings (SSSR count). The Labute approximate surface area is 127 Å². The highest BCUT2D eigenvalue weighted by atomic mass is 32.2. The van der Waals surface area contributed by atoms with Crippen LogP contribution in [0.5, 0.6) is 11.5 Å². The van der Waals surface area contributed by atoms with E-state index in [1.165, 1.54) is 18.4 Å². The maximum Gasteiger partial charge on any atom is 0.214 e. The highest BCUT2D eigenvalue weighted by Crippen LogP contribution is 2.29. The van der Waals surface area contributed by atoms with E-state index in [4.69, 9.17) is 9.47 Å². The molecule has 0 aromatic heterocycles. The Kier molecular flexibility index (Phi) is 6.44. The molecule has 0 aliphatic heterocycles. The number of hydrogen-bond acceptors (Lipinski definition) is 5. The Morgan fingerprint density at radius 2 is 1.90 bits per heavy atom. The van der Waals surface area contributed by atoms with Crippen LogP contribution in [0.15, 0.2) is 18.2 Å². The van der Waals surface area contributed by atoms with E-state index >= 15 is 0 Å². The fourth-order valence-corrected chi connectivity index (χ4v) is 2.62. The lowest BCUT2D eigenvalue weighted by Crippen LogP contribution is -2.32. The Balaban J connectivity index is 2.73. The highest BCUT2D eigenvalue weighted by Gasteiger charge is 2.16. The summed E-state index contributed by atoms with van der Waals surface area (Å²) in [6.45, 7) is 2.32. The zero-order chi connectivity index (χ0) is 16.0. The number of hydrogen-bond donors (Lipinski definition) is 1. The van der Waals surface area contributed by atoms with Crippen molar-refractivity contribution in [1.82, 2.24) is 9.62 Å². The molecule has 1 N–H and O–H groups in total. The van der Waals surface area contributed by atoms with Crippen molar-refractivity contribution in [1.29, 1.82) is 0 Å². The van der Waals surface area contributed by atoms with Gasteiger partial charge in [0.25, 0.3) is 0 Å². The first-order chi connectivity index (χ1) is 9.81. The van der Waals surface area contributed by atoms with Crippen LogP contribution in [0, 0.1) is 0 Å². The van der Waals surface area contributed by atoms with Crippen LogP contribution in [0.2, 0.25) is 0 Å². The van der Waals surface area contributed by atoms with Crippen molar-refractivity contribution in [2.24, 2.45) is 0 Å². The van der Waals surface area contributed by atoms with Gasteiger partial charge in [-0.25, -0.2) is 12.7 Å². The van der Waals surface area contributed by atoms with Crippen LogP contribution in [-0.2, 0) is 10.0 Å². The molecule has 0 spiro atoms. The first kappa shape index (κ1) is 17.7. The van der Waals surface area contributed by atoms with Gasteiger partial charge in [0.05, 0.1) is 20.0 Å². The topological polar surface area (TPSA) is 67.9 Å². The second kappa shape index (κ2) is 7.63. The van der Waals surface area contributed by atoms with Gasteiger partial charge in [0.1, 0.15) is 11.5 Å². The van der Waals surface area contributed by atoms with E-state index in [-0.39, 0.29) is 11.8 Å². The summed E-state index contributed by atoms with van der Waals surface area (Å²) in [4.78, 5) is 0. The molecular formula is C14H24N2O4S. The van der Waals surface area contributed by atoms with Crippen LogP contribution in [0.25, 0.3) is 0 Å². The maximum atomic E-state index is 11.7. The average Bonchev–Trinajstić information content (AvgIpc) is 2.45. The van der Waals surface area contributed by atoms with Crippen molar-refractivity contribution in [3.05, 3.63) is 23.8 Å². The number of benzene rings is 1. The molecule has 1 aromatic rings. The number of nitrogens with one attached hydrogen (secondary N) is 1. The average molecular weight is 316 g/mol. The van der Waals surface area contributed by atoms with Crippen molar-refractivity contribution in [2.75, 3.05) is 40.6 Å². The van der Waals surface area contributed by atoms with Crippen molar-refractivity contribution in [3.8, 4) is 11.5 Å². The zero-order valence-corrected chi connectivity index (χ0v) is 14.0. The Hall–Kier alpha value is -1.31. The molecule has 0 bridgehead atoms. The zero-order valence-electron chi connectivity index (χ0n) is 13.2. The Morgan fingerprint density at radius 1 is 1.24 bits per heavy atom. The summed E-state index contributed by atoms with van der Waals surface area (Å²) in [6, 6.07) is 5.50. The van der Waals surface area contributed by atoms with E-state index in [0.29, 0.717) is 6.54 Å². The van der Waals surface area contributed by atoms with Crippen molar-refractivity contribution in [2.45, 2.75) is 13.0 Å². The molecule has 120 valence electrons. The van der Waals surface area contributed by atoms with Crippen molar-refractivity contribution >= 4 is 10.0 Å². The largest absolute Gasteiger partial charge is 0.497 e. The smallest absolute Gasteiger partial charge is 0.214 e. The van der Waals surface area contributed by atoms with Gasteiger partial charge in [-0.2, -0.15) is 0 Å². The summed E-state index contributed by atoms with van der Waals surface area (Å²) in [6.07, 6.45) is 0. The first-order valence-corrected chi connectivity index (χ1v) is 8.28. The molecule has 0 heterocycles. The van der Waals surface area contributed by atoms with Crippen molar-refractivity contribution < 1.29 is 17.9 Å². The van der Waals surface area contributed by atoms with Crippen LogP contribution < -0.4 is 14.8 Å². The van der Waals surface area contributed by atoms with Gasteiger partial charge < -0.3 is 14.8 Å². The normalized spacial score (nSPS) is 13.2. The summed E-state index contributed by atoms with van der Waals surface area (Å²) in [5.41, 5.74) is 0.930. The van der Waals surface area contributed by atoms with Gasteiger partial charge in [-0.05, 0) is 25.1 Å². The minimum absolute atomic E-state index is 0.0487. The lowest BCUT2D eigenvalue weighted by molar-refractivity contribution is 0.392. The third kappa shape index (κ3) is 4.87. The van der Waals surface area contributed by atoms with Crippen LogP contribution in [0.3, 0.4) is 0 Å². The van der Waals surface area contributed by atoms with Gasteiger partial charge >= 0.3 is 0 Å².